The minimum absolute atomic E-state index is 0.118. The van der Waals surface area contributed by atoms with Crippen LogP contribution in [0.1, 0.15) is 33.3 Å². The third-order valence-corrected chi connectivity index (χ3v) is 3.44. The molecule has 3 heteroatoms. The molecule has 100 valence electrons. The Bertz CT molecular complexity index is 411. The molecule has 18 heavy (non-hydrogen) atoms. The molecule has 3 nitrogen and oxygen atoms in total. The minimum Gasteiger partial charge on any atom is -0.484 e. The average Bonchev–Trinajstić information content (AvgIpc) is 2.35. The molecule has 0 fully saturated rings. The van der Waals surface area contributed by atoms with Crippen molar-refractivity contribution in [2.24, 2.45) is 0 Å². The lowest BCUT2D eigenvalue weighted by molar-refractivity contribution is 0.116. The van der Waals surface area contributed by atoms with E-state index in [1.807, 2.05) is 0 Å². The van der Waals surface area contributed by atoms with Gasteiger partial charge in [-0.2, -0.15) is 0 Å². The zero-order valence-electron chi connectivity index (χ0n) is 11.9. The van der Waals surface area contributed by atoms with E-state index < -0.39 is 0 Å². The number of anilines is 1. The van der Waals surface area contributed by atoms with E-state index in [1.165, 1.54) is 5.56 Å². The van der Waals surface area contributed by atoms with Crippen LogP contribution < -0.4 is 10.1 Å². The van der Waals surface area contributed by atoms with Crippen molar-refractivity contribution in [3.63, 3.8) is 0 Å². The Hall–Kier alpha value is -1.22. The van der Waals surface area contributed by atoms with Gasteiger partial charge in [0.15, 0.2) is 0 Å². The third-order valence-electron chi connectivity index (χ3n) is 3.44. The Balaban J connectivity index is 2.13. The van der Waals surface area contributed by atoms with Crippen molar-refractivity contribution in [3.8, 4) is 5.75 Å². The maximum absolute atomic E-state index is 5.96. The molecule has 0 bridgehead atoms. The van der Waals surface area contributed by atoms with Gasteiger partial charge in [0.25, 0.3) is 0 Å². The number of hydrogen-bond donors (Lipinski definition) is 1. The highest BCUT2D eigenvalue weighted by Gasteiger charge is 2.26. The van der Waals surface area contributed by atoms with Crippen molar-refractivity contribution in [1.82, 2.24) is 4.90 Å². The van der Waals surface area contributed by atoms with Crippen LogP contribution in [0.5, 0.6) is 5.75 Å². The zero-order chi connectivity index (χ0) is 13.2. The summed E-state index contributed by atoms with van der Waals surface area (Å²) in [6, 6.07) is 6.46. The van der Waals surface area contributed by atoms with Gasteiger partial charge in [0.05, 0.1) is 12.2 Å². The molecule has 2 rings (SSSR count). The van der Waals surface area contributed by atoms with E-state index in [0.29, 0.717) is 0 Å². The van der Waals surface area contributed by atoms with Crippen molar-refractivity contribution in [2.45, 2.75) is 39.8 Å². The summed E-state index contributed by atoms with van der Waals surface area (Å²) >= 11 is 0. The fourth-order valence-corrected chi connectivity index (χ4v) is 2.25. The summed E-state index contributed by atoms with van der Waals surface area (Å²) in [7, 11) is 0. The number of nitrogens with zero attached hydrogens (tertiary/aromatic N) is 1. The quantitative estimate of drug-likeness (QED) is 0.886. The number of ether oxygens (including phenoxy) is 1. The summed E-state index contributed by atoms with van der Waals surface area (Å²) in [6.45, 7) is 12.6. The van der Waals surface area contributed by atoms with Crippen molar-refractivity contribution in [2.75, 3.05) is 25.0 Å². The summed E-state index contributed by atoms with van der Waals surface area (Å²) in [5, 5.41) is 3.46. The number of rotatable bonds is 4. The predicted octanol–water partition coefficient (Wildman–Crippen LogP) is 3.11. The van der Waals surface area contributed by atoms with E-state index in [0.717, 1.165) is 37.6 Å². The third kappa shape index (κ3) is 2.96. The molecule has 0 saturated carbocycles. The maximum atomic E-state index is 5.96. The molecule has 1 aromatic rings. The number of benzene rings is 1. The standard InChI is InChI=1S/C15H24N2O/c1-5-17(6-2)10-12-7-8-14-13(9-12)16-11-15(3,4)18-14/h7-9,16H,5-6,10-11H2,1-4H3. The molecule has 0 radical (unpaired) electrons. The van der Waals surface area contributed by atoms with Gasteiger partial charge in [-0.15, -0.1) is 0 Å². The molecule has 1 N–H and O–H groups in total. The first-order valence-corrected chi connectivity index (χ1v) is 6.82. The van der Waals surface area contributed by atoms with Crippen LogP contribution in [0.25, 0.3) is 0 Å². The monoisotopic (exact) mass is 248 g/mol. The predicted molar refractivity (Wildman–Crippen MR) is 76.3 cm³/mol. The molecule has 0 spiro atoms. The van der Waals surface area contributed by atoms with Crippen LogP contribution >= 0.6 is 0 Å². The van der Waals surface area contributed by atoms with Crippen LogP contribution in [-0.2, 0) is 6.54 Å². The molecule has 0 amide bonds. The van der Waals surface area contributed by atoms with Gasteiger partial charge in [-0.25, -0.2) is 0 Å². The summed E-state index contributed by atoms with van der Waals surface area (Å²) < 4.78 is 5.96. The molecular weight excluding hydrogens is 224 g/mol. The number of nitrogens with one attached hydrogen (secondary N) is 1. The van der Waals surface area contributed by atoms with Gasteiger partial charge in [0.2, 0.25) is 0 Å². The normalized spacial score (nSPS) is 16.9. The fourth-order valence-electron chi connectivity index (χ4n) is 2.25. The first-order chi connectivity index (χ1) is 8.54. The highest BCUT2D eigenvalue weighted by molar-refractivity contribution is 5.60. The van der Waals surface area contributed by atoms with Crippen LogP contribution in [0.4, 0.5) is 5.69 Å². The Morgan fingerprint density at radius 1 is 1.28 bits per heavy atom. The van der Waals surface area contributed by atoms with Gasteiger partial charge in [-0.3, -0.25) is 4.90 Å². The van der Waals surface area contributed by atoms with Gasteiger partial charge in [0.1, 0.15) is 11.4 Å². The molecule has 1 aromatic carbocycles. The van der Waals surface area contributed by atoms with E-state index in [2.05, 4.69) is 56.1 Å². The topological polar surface area (TPSA) is 24.5 Å². The highest BCUT2D eigenvalue weighted by Crippen LogP contribution is 2.33. The molecule has 0 aromatic heterocycles. The first-order valence-electron chi connectivity index (χ1n) is 6.82. The Labute approximate surface area is 110 Å². The van der Waals surface area contributed by atoms with Crippen molar-refractivity contribution in [1.29, 1.82) is 0 Å². The molecule has 0 atom stereocenters. The van der Waals surface area contributed by atoms with Gasteiger partial charge in [-0.1, -0.05) is 19.9 Å². The fraction of sp³-hybridized carbons (Fsp3) is 0.600. The Morgan fingerprint density at radius 3 is 2.67 bits per heavy atom. The van der Waals surface area contributed by atoms with Gasteiger partial charge in [0, 0.05) is 6.54 Å². The number of fused-ring (bicyclic) bond motifs is 1. The van der Waals surface area contributed by atoms with Crippen LogP contribution in [0.15, 0.2) is 18.2 Å². The van der Waals surface area contributed by atoms with E-state index in [4.69, 9.17) is 4.74 Å². The summed E-state index contributed by atoms with van der Waals surface area (Å²) in [5.41, 5.74) is 2.35. The second-order valence-electron chi connectivity index (χ2n) is 5.51. The van der Waals surface area contributed by atoms with Crippen molar-refractivity contribution in [3.05, 3.63) is 23.8 Å². The minimum atomic E-state index is -0.118. The van der Waals surface area contributed by atoms with Gasteiger partial charge in [-0.05, 0) is 44.6 Å². The average molecular weight is 248 g/mol. The zero-order valence-corrected chi connectivity index (χ0v) is 11.9. The smallest absolute Gasteiger partial charge is 0.143 e. The van der Waals surface area contributed by atoms with E-state index in [-0.39, 0.29) is 5.60 Å². The lowest BCUT2D eigenvalue weighted by Crippen LogP contribution is -2.40. The molecular formula is C15H24N2O. The molecule has 1 aliphatic rings. The second kappa shape index (κ2) is 5.19. The van der Waals surface area contributed by atoms with E-state index in [1.54, 1.807) is 0 Å². The molecule has 0 unspecified atom stereocenters. The maximum Gasteiger partial charge on any atom is 0.143 e. The van der Waals surface area contributed by atoms with E-state index >= 15 is 0 Å². The van der Waals surface area contributed by atoms with E-state index in [9.17, 15) is 0 Å². The number of hydrogen-bond acceptors (Lipinski definition) is 3. The van der Waals surface area contributed by atoms with Crippen LogP contribution in [0.3, 0.4) is 0 Å². The molecule has 1 heterocycles. The largest absolute Gasteiger partial charge is 0.484 e. The summed E-state index contributed by atoms with van der Waals surface area (Å²) in [6.07, 6.45) is 0. The highest BCUT2D eigenvalue weighted by atomic mass is 16.5. The summed E-state index contributed by atoms with van der Waals surface area (Å²) in [5.74, 6) is 0.967. The first kappa shape index (κ1) is 13.2. The summed E-state index contributed by atoms with van der Waals surface area (Å²) in [4.78, 5) is 2.41. The van der Waals surface area contributed by atoms with Crippen LogP contribution in [-0.4, -0.2) is 30.1 Å². The Kier molecular flexibility index (Phi) is 3.81. The van der Waals surface area contributed by atoms with Crippen molar-refractivity contribution < 1.29 is 4.74 Å². The van der Waals surface area contributed by atoms with Gasteiger partial charge < -0.3 is 10.1 Å². The lowest BCUT2D eigenvalue weighted by atomic mass is 10.1. The molecule has 1 aliphatic heterocycles. The van der Waals surface area contributed by atoms with Crippen LogP contribution in [0.2, 0.25) is 0 Å². The molecule has 0 saturated heterocycles. The van der Waals surface area contributed by atoms with Crippen molar-refractivity contribution >= 4 is 5.69 Å². The second-order valence-corrected chi connectivity index (χ2v) is 5.51. The lowest BCUT2D eigenvalue weighted by Gasteiger charge is -2.33. The molecule has 0 aliphatic carbocycles. The van der Waals surface area contributed by atoms with Gasteiger partial charge >= 0.3 is 0 Å². The SMILES string of the molecule is CCN(CC)Cc1ccc2c(c1)NCC(C)(C)O2. The Morgan fingerprint density at radius 2 is 2.00 bits per heavy atom. The van der Waals surface area contributed by atoms with Crippen LogP contribution in [0, 0.1) is 0 Å².